The standard InChI is InChI=1S/C32H29N3O4/c1-18-4-5-21-14-28(22-6-7-27(32(37)38)33-16-22)34-17-26(21)30(18)25-13-23(20-8-10-39-11-9-20)15-29-24(25)12-19(2)31(36)35(29)3/h4-7,12-17,20H,8-11H2,1-3H3,(H,37,38). The fourth-order valence-electron chi connectivity index (χ4n) is 5.73. The topological polar surface area (TPSA) is 94.3 Å². The molecule has 0 spiro atoms. The molecule has 4 heterocycles. The van der Waals surface area contributed by atoms with E-state index in [0.717, 1.165) is 75.7 Å². The quantitative estimate of drug-likeness (QED) is 0.312. The van der Waals surface area contributed by atoms with Crippen LogP contribution in [-0.2, 0) is 11.8 Å². The molecule has 0 saturated carbocycles. The molecule has 3 aromatic heterocycles. The maximum absolute atomic E-state index is 12.9. The highest BCUT2D eigenvalue weighted by molar-refractivity contribution is 6.06. The number of benzene rings is 2. The van der Waals surface area contributed by atoms with Crippen molar-refractivity contribution in [1.82, 2.24) is 14.5 Å². The normalized spacial score (nSPS) is 14.2. The van der Waals surface area contributed by atoms with Gasteiger partial charge in [0.2, 0.25) is 0 Å². The second-order valence-corrected chi connectivity index (χ2v) is 10.4. The van der Waals surface area contributed by atoms with E-state index in [1.807, 2.05) is 32.3 Å². The van der Waals surface area contributed by atoms with Gasteiger partial charge in [0.1, 0.15) is 5.69 Å². The fourth-order valence-corrected chi connectivity index (χ4v) is 5.73. The monoisotopic (exact) mass is 519 g/mol. The van der Waals surface area contributed by atoms with Crippen molar-refractivity contribution in [3.8, 4) is 22.4 Å². The Morgan fingerprint density at radius 3 is 2.46 bits per heavy atom. The van der Waals surface area contributed by atoms with E-state index in [1.165, 1.54) is 11.6 Å². The molecule has 0 unspecified atom stereocenters. The zero-order valence-electron chi connectivity index (χ0n) is 22.2. The van der Waals surface area contributed by atoms with E-state index in [0.29, 0.717) is 11.5 Å². The number of aromatic carboxylic acids is 1. The van der Waals surface area contributed by atoms with Gasteiger partial charge in [-0.05, 0) is 90.6 Å². The Kier molecular flexibility index (Phi) is 6.23. The predicted molar refractivity (Wildman–Crippen MR) is 152 cm³/mol. The number of fused-ring (bicyclic) bond motifs is 2. The number of hydrogen-bond acceptors (Lipinski definition) is 5. The third-order valence-corrected chi connectivity index (χ3v) is 7.90. The van der Waals surface area contributed by atoms with E-state index < -0.39 is 5.97 Å². The highest BCUT2D eigenvalue weighted by Gasteiger charge is 2.21. The van der Waals surface area contributed by atoms with Crippen molar-refractivity contribution in [2.24, 2.45) is 7.05 Å². The van der Waals surface area contributed by atoms with Crippen molar-refractivity contribution in [3.63, 3.8) is 0 Å². The molecular formula is C32H29N3O4. The first-order valence-corrected chi connectivity index (χ1v) is 13.1. The Hall–Kier alpha value is -4.36. The lowest BCUT2D eigenvalue weighted by atomic mass is 9.85. The van der Waals surface area contributed by atoms with Gasteiger partial charge in [-0.15, -0.1) is 0 Å². The van der Waals surface area contributed by atoms with Crippen LogP contribution in [0.2, 0.25) is 0 Å². The number of carboxylic acids is 1. The van der Waals surface area contributed by atoms with E-state index in [2.05, 4.69) is 36.2 Å². The van der Waals surface area contributed by atoms with Crippen molar-refractivity contribution in [3.05, 3.63) is 93.7 Å². The highest BCUT2D eigenvalue weighted by Crippen LogP contribution is 2.40. The van der Waals surface area contributed by atoms with Gasteiger partial charge in [0.15, 0.2) is 0 Å². The number of carbonyl (C=O) groups is 1. The summed E-state index contributed by atoms with van der Waals surface area (Å²) in [5.41, 5.74) is 7.67. The molecule has 1 aliphatic heterocycles. The molecule has 2 aromatic carbocycles. The predicted octanol–water partition coefficient (Wildman–Crippen LogP) is 6.02. The summed E-state index contributed by atoms with van der Waals surface area (Å²) in [6, 6.07) is 15.9. The molecule has 0 radical (unpaired) electrons. The van der Waals surface area contributed by atoms with Crippen molar-refractivity contribution >= 4 is 27.6 Å². The van der Waals surface area contributed by atoms with Crippen LogP contribution in [0.3, 0.4) is 0 Å². The minimum atomic E-state index is -1.06. The molecular weight excluding hydrogens is 490 g/mol. The van der Waals surface area contributed by atoms with Crippen LogP contribution < -0.4 is 5.56 Å². The number of ether oxygens (including phenoxy) is 1. The number of aromatic nitrogens is 3. The molecule has 0 aliphatic carbocycles. The first-order valence-electron chi connectivity index (χ1n) is 13.1. The fraction of sp³-hybridized carbons (Fsp3) is 0.250. The Bertz CT molecular complexity index is 1820. The summed E-state index contributed by atoms with van der Waals surface area (Å²) in [4.78, 5) is 32.9. The SMILES string of the molecule is Cc1ccc2cc(-c3ccc(C(=O)O)nc3)ncc2c1-c1cc(C2CCOCC2)cc2c1cc(C)c(=O)n2C. The van der Waals surface area contributed by atoms with Gasteiger partial charge < -0.3 is 14.4 Å². The maximum atomic E-state index is 12.9. The summed E-state index contributed by atoms with van der Waals surface area (Å²) in [7, 11) is 1.85. The second-order valence-electron chi connectivity index (χ2n) is 10.4. The molecule has 7 nitrogen and oxygen atoms in total. The molecule has 1 aliphatic rings. The van der Waals surface area contributed by atoms with Crippen molar-refractivity contribution in [2.45, 2.75) is 32.6 Å². The molecule has 0 atom stereocenters. The minimum absolute atomic E-state index is 0.00145. The van der Waals surface area contributed by atoms with Crippen molar-refractivity contribution in [2.75, 3.05) is 13.2 Å². The summed E-state index contributed by atoms with van der Waals surface area (Å²) < 4.78 is 7.39. The second kappa shape index (κ2) is 9.75. The van der Waals surface area contributed by atoms with Gasteiger partial charge in [-0.2, -0.15) is 0 Å². The summed E-state index contributed by atoms with van der Waals surface area (Å²) in [5, 5.41) is 12.3. The first kappa shape index (κ1) is 24.9. The lowest BCUT2D eigenvalue weighted by Crippen LogP contribution is -2.20. The van der Waals surface area contributed by atoms with E-state index in [4.69, 9.17) is 9.72 Å². The smallest absolute Gasteiger partial charge is 0.354 e. The van der Waals surface area contributed by atoms with Crippen molar-refractivity contribution in [1.29, 1.82) is 0 Å². The average molecular weight is 520 g/mol. The van der Waals surface area contributed by atoms with Gasteiger partial charge in [0.25, 0.3) is 5.56 Å². The molecule has 196 valence electrons. The Morgan fingerprint density at radius 1 is 0.949 bits per heavy atom. The highest BCUT2D eigenvalue weighted by atomic mass is 16.5. The van der Waals surface area contributed by atoms with Gasteiger partial charge in [0.05, 0.1) is 11.2 Å². The van der Waals surface area contributed by atoms with E-state index in [9.17, 15) is 14.7 Å². The molecule has 0 amide bonds. The number of nitrogens with zero attached hydrogens (tertiary/aromatic N) is 3. The Balaban J connectivity index is 1.58. The van der Waals surface area contributed by atoms with Crippen LogP contribution >= 0.6 is 0 Å². The molecule has 5 aromatic rings. The van der Waals surface area contributed by atoms with Gasteiger partial charge in [-0.3, -0.25) is 9.78 Å². The molecule has 7 heteroatoms. The third kappa shape index (κ3) is 4.38. The van der Waals surface area contributed by atoms with Crippen LogP contribution in [0.1, 0.15) is 45.9 Å². The summed E-state index contributed by atoms with van der Waals surface area (Å²) in [6.07, 6.45) is 5.35. The molecule has 1 saturated heterocycles. The maximum Gasteiger partial charge on any atom is 0.354 e. The molecule has 1 fully saturated rings. The zero-order chi connectivity index (χ0) is 27.3. The average Bonchev–Trinajstić information content (AvgIpc) is 2.96. The molecule has 6 rings (SSSR count). The van der Waals surface area contributed by atoms with Crippen molar-refractivity contribution < 1.29 is 14.6 Å². The molecule has 0 bridgehead atoms. The van der Waals surface area contributed by atoms with Crippen LogP contribution in [0, 0.1) is 13.8 Å². The Labute approximate surface area is 225 Å². The number of carboxylic acid groups (broad SMARTS) is 1. The number of hydrogen-bond donors (Lipinski definition) is 1. The molecule has 1 N–H and O–H groups in total. The van der Waals surface area contributed by atoms with Gasteiger partial charge >= 0.3 is 5.97 Å². The van der Waals surface area contributed by atoms with Gasteiger partial charge in [-0.1, -0.05) is 18.2 Å². The summed E-state index contributed by atoms with van der Waals surface area (Å²) in [6.45, 7) is 5.46. The van der Waals surface area contributed by atoms with Gasteiger partial charge in [0, 0.05) is 54.6 Å². The van der Waals surface area contributed by atoms with Crippen LogP contribution in [-0.4, -0.2) is 38.8 Å². The Morgan fingerprint density at radius 2 is 1.74 bits per heavy atom. The number of aryl methyl sites for hydroxylation is 3. The van der Waals surface area contributed by atoms with E-state index in [-0.39, 0.29) is 11.3 Å². The lowest BCUT2D eigenvalue weighted by Gasteiger charge is -2.25. The van der Waals surface area contributed by atoms with Crippen LogP contribution in [0.15, 0.2) is 65.7 Å². The summed E-state index contributed by atoms with van der Waals surface area (Å²) >= 11 is 0. The molecule has 39 heavy (non-hydrogen) atoms. The van der Waals surface area contributed by atoms with E-state index >= 15 is 0 Å². The van der Waals surface area contributed by atoms with Crippen LogP contribution in [0.4, 0.5) is 0 Å². The third-order valence-electron chi connectivity index (χ3n) is 7.90. The largest absolute Gasteiger partial charge is 0.477 e. The lowest BCUT2D eigenvalue weighted by molar-refractivity contribution is 0.0690. The van der Waals surface area contributed by atoms with Crippen LogP contribution in [0.25, 0.3) is 44.1 Å². The first-order chi connectivity index (χ1) is 18.8. The number of rotatable bonds is 4. The van der Waals surface area contributed by atoms with E-state index in [1.54, 1.807) is 16.8 Å². The number of pyridine rings is 3. The van der Waals surface area contributed by atoms with Crippen LogP contribution in [0.5, 0.6) is 0 Å². The minimum Gasteiger partial charge on any atom is -0.477 e. The van der Waals surface area contributed by atoms with Gasteiger partial charge in [-0.25, -0.2) is 9.78 Å². The zero-order valence-corrected chi connectivity index (χ0v) is 22.2. The summed E-state index contributed by atoms with van der Waals surface area (Å²) in [5.74, 6) is -0.685.